The van der Waals surface area contributed by atoms with Gasteiger partial charge >= 0.3 is 0 Å². The van der Waals surface area contributed by atoms with E-state index in [9.17, 15) is 4.79 Å². The number of hydrogen-bond acceptors (Lipinski definition) is 3. The minimum Gasteiger partial charge on any atom is -0.335 e. The highest BCUT2D eigenvalue weighted by Gasteiger charge is 2.20. The molecule has 0 aliphatic carbocycles. The predicted octanol–water partition coefficient (Wildman–Crippen LogP) is 3.09. The zero-order valence-electron chi connectivity index (χ0n) is 9.86. The Balaban J connectivity index is 2.74. The van der Waals surface area contributed by atoms with Crippen LogP contribution in [0.5, 0.6) is 0 Å². The lowest BCUT2D eigenvalue weighted by Crippen LogP contribution is -2.38. The molecule has 0 spiro atoms. The van der Waals surface area contributed by atoms with Gasteiger partial charge in [0.1, 0.15) is 5.69 Å². The van der Waals surface area contributed by atoms with E-state index < -0.39 is 0 Å². The number of nitrogens with zero attached hydrogens (tertiary/aromatic N) is 2. The normalized spacial score (nSPS) is 10.8. The number of thiazole rings is 1. The molecule has 0 N–H and O–H groups in total. The lowest BCUT2D eigenvalue weighted by molar-refractivity contribution is 0.0701. The molecule has 0 atom stereocenters. The Morgan fingerprint density at radius 1 is 1.62 bits per heavy atom. The van der Waals surface area contributed by atoms with Crippen molar-refractivity contribution >= 4 is 33.2 Å². The summed E-state index contributed by atoms with van der Waals surface area (Å²) in [5.74, 6) is 0.0419. The van der Waals surface area contributed by atoms with Crippen molar-refractivity contribution < 1.29 is 4.79 Å². The first-order chi connectivity index (χ1) is 7.56. The predicted molar refractivity (Wildman–Crippen MR) is 71.4 cm³/mol. The van der Waals surface area contributed by atoms with Crippen molar-refractivity contribution in [3.05, 3.63) is 16.1 Å². The smallest absolute Gasteiger partial charge is 0.273 e. The Hall–Kier alpha value is -0.420. The van der Waals surface area contributed by atoms with Gasteiger partial charge in [0.25, 0.3) is 5.91 Å². The monoisotopic (exact) mass is 304 g/mol. The van der Waals surface area contributed by atoms with E-state index in [0.29, 0.717) is 5.69 Å². The highest BCUT2D eigenvalue weighted by atomic mass is 79.9. The van der Waals surface area contributed by atoms with Crippen LogP contribution in [0.1, 0.15) is 35.8 Å². The summed E-state index contributed by atoms with van der Waals surface area (Å²) in [4.78, 5) is 18.3. The Morgan fingerprint density at radius 3 is 2.75 bits per heavy atom. The summed E-state index contributed by atoms with van der Waals surface area (Å²) in [5.41, 5.74) is 0.575. The highest BCUT2D eigenvalue weighted by molar-refractivity contribution is 9.09. The zero-order valence-corrected chi connectivity index (χ0v) is 12.3. The number of aromatic nitrogens is 1. The molecule has 0 bridgehead atoms. The van der Waals surface area contributed by atoms with Gasteiger partial charge in [0.05, 0.1) is 5.01 Å². The molecule has 0 aliphatic rings. The van der Waals surface area contributed by atoms with Crippen molar-refractivity contribution in [3.8, 4) is 0 Å². The van der Waals surface area contributed by atoms with E-state index in [4.69, 9.17) is 0 Å². The molecule has 1 aromatic rings. The van der Waals surface area contributed by atoms with Crippen LogP contribution in [-0.2, 0) is 0 Å². The average Bonchev–Trinajstić information content (AvgIpc) is 2.64. The van der Waals surface area contributed by atoms with Crippen molar-refractivity contribution in [2.45, 2.75) is 33.2 Å². The molecule has 16 heavy (non-hydrogen) atoms. The maximum Gasteiger partial charge on any atom is 0.273 e. The molecule has 0 aromatic carbocycles. The molecule has 0 aliphatic heterocycles. The maximum absolute atomic E-state index is 12.2. The summed E-state index contributed by atoms with van der Waals surface area (Å²) in [6, 6.07) is 0.216. The van der Waals surface area contributed by atoms with Crippen LogP contribution in [0.15, 0.2) is 5.38 Å². The summed E-state index contributed by atoms with van der Waals surface area (Å²) >= 11 is 4.90. The van der Waals surface area contributed by atoms with Crippen LogP contribution < -0.4 is 0 Å². The van der Waals surface area contributed by atoms with Gasteiger partial charge in [0, 0.05) is 23.3 Å². The number of amides is 1. The topological polar surface area (TPSA) is 33.2 Å². The van der Waals surface area contributed by atoms with Crippen LogP contribution in [0.4, 0.5) is 0 Å². The van der Waals surface area contributed by atoms with Crippen LogP contribution in [0.3, 0.4) is 0 Å². The quantitative estimate of drug-likeness (QED) is 0.783. The second-order valence-corrected chi connectivity index (χ2v) is 5.74. The molecule has 0 fully saturated rings. The molecular weight excluding hydrogens is 288 g/mol. The highest BCUT2D eigenvalue weighted by Crippen LogP contribution is 2.13. The molecule has 1 rings (SSSR count). The van der Waals surface area contributed by atoms with Gasteiger partial charge in [-0.2, -0.15) is 0 Å². The molecule has 0 saturated heterocycles. The number of carbonyl (C=O) groups excluding carboxylic acids is 1. The van der Waals surface area contributed by atoms with E-state index in [1.165, 1.54) is 11.3 Å². The van der Waals surface area contributed by atoms with E-state index >= 15 is 0 Å². The van der Waals surface area contributed by atoms with E-state index in [0.717, 1.165) is 23.3 Å². The third-order valence-corrected chi connectivity index (χ3v) is 3.59. The Labute approximate surface area is 109 Å². The Kier molecular flexibility index (Phi) is 5.41. The van der Waals surface area contributed by atoms with Gasteiger partial charge in [0.2, 0.25) is 0 Å². The van der Waals surface area contributed by atoms with Crippen LogP contribution in [0.2, 0.25) is 0 Å². The van der Waals surface area contributed by atoms with Crippen LogP contribution in [-0.4, -0.2) is 33.7 Å². The second-order valence-electron chi connectivity index (χ2n) is 3.89. The van der Waals surface area contributed by atoms with E-state index in [1.54, 1.807) is 0 Å². The van der Waals surface area contributed by atoms with Gasteiger partial charge in [0.15, 0.2) is 0 Å². The SMILES string of the molecule is Cc1nc(C(=O)N(CCCBr)C(C)C)cs1. The summed E-state index contributed by atoms with van der Waals surface area (Å²) in [6.45, 7) is 6.76. The molecule has 1 heterocycles. The summed E-state index contributed by atoms with van der Waals surface area (Å²) < 4.78 is 0. The summed E-state index contributed by atoms with van der Waals surface area (Å²) in [5, 5.41) is 3.69. The van der Waals surface area contributed by atoms with E-state index in [1.807, 2.05) is 31.1 Å². The fourth-order valence-corrected chi connectivity index (χ4v) is 2.27. The number of hydrogen-bond donors (Lipinski definition) is 0. The van der Waals surface area contributed by atoms with Crippen LogP contribution >= 0.6 is 27.3 Å². The van der Waals surface area contributed by atoms with Crippen LogP contribution in [0.25, 0.3) is 0 Å². The summed E-state index contributed by atoms with van der Waals surface area (Å²) in [6.07, 6.45) is 0.965. The number of halogens is 1. The van der Waals surface area contributed by atoms with Crippen molar-refractivity contribution in [1.82, 2.24) is 9.88 Å². The number of aryl methyl sites for hydroxylation is 1. The Bertz CT molecular complexity index is 352. The lowest BCUT2D eigenvalue weighted by atomic mass is 10.2. The largest absolute Gasteiger partial charge is 0.335 e. The molecule has 5 heteroatoms. The standard InChI is InChI=1S/C11H17BrN2OS/c1-8(2)14(6-4-5-12)11(15)10-7-16-9(3)13-10/h7-8H,4-6H2,1-3H3. The van der Waals surface area contributed by atoms with Crippen LogP contribution in [0, 0.1) is 6.92 Å². The molecule has 3 nitrogen and oxygen atoms in total. The van der Waals surface area contributed by atoms with Gasteiger partial charge in [-0.25, -0.2) is 4.98 Å². The van der Waals surface area contributed by atoms with Gasteiger partial charge in [-0.05, 0) is 27.2 Å². The molecule has 1 aromatic heterocycles. The fraction of sp³-hybridized carbons (Fsp3) is 0.636. The van der Waals surface area contributed by atoms with Gasteiger partial charge < -0.3 is 4.90 Å². The molecule has 0 unspecified atom stereocenters. The number of alkyl halides is 1. The minimum atomic E-state index is 0.0419. The zero-order chi connectivity index (χ0) is 12.1. The first-order valence-electron chi connectivity index (χ1n) is 5.35. The van der Waals surface area contributed by atoms with Gasteiger partial charge in [-0.3, -0.25) is 4.79 Å². The van der Waals surface area contributed by atoms with E-state index in [-0.39, 0.29) is 11.9 Å². The molecule has 0 saturated carbocycles. The second kappa shape index (κ2) is 6.35. The first kappa shape index (κ1) is 13.6. The summed E-state index contributed by atoms with van der Waals surface area (Å²) in [7, 11) is 0. The van der Waals surface area contributed by atoms with Gasteiger partial charge in [-0.1, -0.05) is 15.9 Å². The third kappa shape index (κ3) is 3.56. The van der Waals surface area contributed by atoms with E-state index in [2.05, 4.69) is 20.9 Å². The average molecular weight is 305 g/mol. The number of carbonyl (C=O) groups is 1. The van der Waals surface area contributed by atoms with Crippen molar-refractivity contribution in [3.63, 3.8) is 0 Å². The minimum absolute atomic E-state index is 0.0419. The number of rotatable bonds is 5. The lowest BCUT2D eigenvalue weighted by Gasteiger charge is -2.25. The van der Waals surface area contributed by atoms with Gasteiger partial charge in [-0.15, -0.1) is 11.3 Å². The van der Waals surface area contributed by atoms with Crippen molar-refractivity contribution in [1.29, 1.82) is 0 Å². The maximum atomic E-state index is 12.2. The van der Waals surface area contributed by atoms with Crippen molar-refractivity contribution in [2.24, 2.45) is 0 Å². The molecule has 90 valence electrons. The first-order valence-corrected chi connectivity index (χ1v) is 7.35. The van der Waals surface area contributed by atoms with Crippen molar-refractivity contribution in [2.75, 3.05) is 11.9 Å². The molecular formula is C11H17BrN2OS. The third-order valence-electron chi connectivity index (χ3n) is 2.25. The fourth-order valence-electron chi connectivity index (χ4n) is 1.43. The molecule has 0 radical (unpaired) electrons. The Morgan fingerprint density at radius 2 is 2.31 bits per heavy atom. The molecule has 1 amide bonds.